The summed E-state index contributed by atoms with van der Waals surface area (Å²) in [7, 11) is 0. The van der Waals surface area contributed by atoms with Gasteiger partial charge < -0.3 is 15.8 Å². The van der Waals surface area contributed by atoms with E-state index in [1.807, 2.05) is 24.3 Å². The standard InChI is InChI=1S/C16H20N2O2/c17-13-6-1-11(2-7-13)3-8-15(19)18-14-9-10-20-16(14)12-4-5-12/h1-3,6-8,12,14,16H,4-5,9-10,17H2,(H,18,19)/b8-3+. The molecule has 2 fully saturated rings. The van der Waals surface area contributed by atoms with Gasteiger partial charge in [0.2, 0.25) is 5.91 Å². The molecule has 4 heteroatoms. The first-order valence-corrected chi connectivity index (χ1v) is 7.18. The van der Waals surface area contributed by atoms with Crippen molar-refractivity contribution in [2.75, 3.05) is 12.3 Å². The summed E-state index contributed by atoms with van der Waals surface area (Å²) in [6, 6.07) is 7.61. The number of anilines is 1. The molecule has 0 spiro atoms. The van der Waals surface area contributed by atoms with Gasteiger partial charge in [0.15, 0.2) is 0 Å². The lowest BCUT2D eigenvalue weighted by Crippen LogP contribution is -2.40. The van der Waals surface area contributed by atoms with Crippen molar-refractivity contribution in [1.29, 1.82) is 0 Å². The highest BCUT2D eigenvalue weighted by atomic mass is 16.5. The number of nitrogens with two attached hydrogens (primary N) is 1. The molecule has 20 heavy (non-hydrogen) atoms. The number of hydrogen-bond donors (Lipinski definition) is 2. The number of benzene rings is 1. The second-order valence-electron chi connectivity index (χ2n) is 5.58. The molecule has 1 saturated carbocycles. The molecule has 1 amide bonds. The maximum atomic E-state index is 11.9. The zero-order valence-electron chi connectivity index (χ0n) is 11.4. The monoisotopic (exact) mass is 272 g/mol. The Labute approximate surface area is 119 Å². The second kappa shape index (κ2) is 5.67. The van der Waals surface area contributed by atoms with E-state index in [2.05, 4.69) is 5.32 Å². The van der Waals surface area contributed by atoms with E-state index in [1.54, 1.807) is 12.2 Å². The Morgan fingerprint density at radius 3 is 2.70 bits per heavy atom. The first-order valence-electron chi connectivity index (χ1n) is 7.18. The van der Waals surface area contributed by atoms with Crippen LogP contribution in [0.15, 0.2) is 30.3 Å². The number of nitrogen functional groups attached to an aromatic ring is 1. The van der Waals surface area contributed by atoms with E-state index in [-0.39, 0.29) is 18.1 Å². The van der Waals surface area contributed by atoms with Crippen molar-refractivity contribution in [1.82, 2.24) is 5.32 Å². The highest BCUT2D eigenvalue weighted by molar-refractivity contribution is 5.92. The van der Waals surface area contributed by atoms with Crippen LogP contribution < -0.4 is 11.1 Å². The van der Waals surface area contributed by atoms with E-state index in [0.717, 1.165) is 24.3 Å². The molecule has 2 aliphatic rings. The lowest BCUT2D eigenvalue weighted by molar-refractivity contribution is -0.117. The zero-order valence-corrected chi connectivity index (χ0v) is 11.4. The number of amides is 1. The van der Waals surface area contributed by atoms with Gasteiger partial charge in [-0.1, -0.05) is 12.1 Å². The average molecular weight is 272 g/mol. The predicted molar refractivity (Wildman–Crippen MR) is 78.9 cm³/mol. The van der Waals surface area contributed by atoms with Gasteiger partial charge in [-0.3, -0.25) is 4.79 Å². The van der Waals surface area contributed by atoms with Crippen molar-refractivity contribution in [3.63, 3.8) is 0 Å². The Hall–Kier alpha value is -1.81. The molecule has 1 aliphatic heterocycles. The number of carbonyl (C=O) groups excluding carboxylic acids is 1. The molecule has 3 N–H and O–H groups in total. The fraction of sp³-hybridized carbons (Fsp3) is 0.438. The van der Waals surface area contributed by atoms with Crippen LogP contribution in [-0.2, 0) is 9.53 Å². The molecule has 1 aromatic rings. The molecule has 1 saturated heterocycles. The maximum Gasteiger partial charge on any atom is 0.244 e. The summed E-state index contributed by atoms with van der Waals surface area (Å²) in [5.74, 6) is 0.604. The summed E-state index contributed by atoms with van der Waals surface area (Å²) >= 11 is 0. The Morgan fingerprint density at radius 2 is 2.00 bits per heavy atom. The maximum absolute atomic E-state index is 11.9. The first-order chi connectivity index (χ1) is 9.72. The van der Waals surface area contributed by atoms with Gasteiger partial charge in [-0.2, -0.15) is 0 Å². The largest absolute Gasteiger partial charge is 0.399 e. The van der Waals surface area contributed by atoms with E-state index < -0.39 is 0 Å². The predicted octanol–water partition coefficient (Wildman–Crippen LogP) is 1.97. The molecule has 1 aromatic carbocycles. The molecule has 1 heterocycles. The van der Waals surface area contributed by atoms with E-state index in [1.165, 1.54) is 12.8 Å². The minimum Gasteiger partial charge on any atom is -0.399 e. The van der Waals surface area contributed by atoms with Crippen molar-refractivity contribution in [3.05, 3.63) is 35.9 Å². The number of ether oxygens (including phenoxy) is 1. The van der Waals surface area contributed by atoms with Crippen molar-refractivity contribution < 1.29 is 9.53 Å². The molecule has 0 bridgehead atoms. The average Bonchev–Trinajstić information content (AvgIpc) is 3.19. The van der Waals surface area contributed by atoms with Crippen LogP contribution in [0.1, 0.15) is 24.8 Å². The summed E-state index contributed by atoms with van der Waals surface area (Å²) in [4.78, 5) is 11.9. The highest BCUT2D eigenvalue weighted by Crippen LogP contribution is 2.38. The van der Waals surface area contributed by atoms with Gasteiger partial charge >= 0.3 is 0 Å². The van der Waals surface area contributed by atoms with Crippen LogP contribution in [0.5, 0.6) is 0 Å². The number of nitrogens with one attached hydrogen (secondary N) is 1. The second-order valence-corrected chi connectivity index (χ2v) is 5.58. The van der Waals surface area contributed by atoms with Crippen LogP contribution in [0.3, 0.4) is 0 Å². The third-order valence-electron chi connectivity index (χ3n) is 3.91. The molecule has 1 aliphatic carbocycles. The van der Waals surface area contributed by atoms with Gasteiger partial charge in [-0.25, -0.2) is 0 Å². The van der Waals surface area contributed by atoms with Crippen molar-refractivity contribution in [3.8, 4) is 0 Å². The van der Waals surface area contributed by atoms with Gasteiger partial charge in [0.1, 0.15) is 0 Å². The van der Waals surface area contributed by atoms with E-state index >= 15 is 0 Å². The first kappa shape index (κ1) is 13.2. The normalized spacial score (nSPS) is 26.0. The molecule has 2 atom stereocenters. The molecule has 2 unspecified atom stereocenters. The number of rotatable bonds is 4. The lowest BCUT2D eigenvalue weighted by atomic mass is 10.1. The third-order valence-corrected chi connectivity index (χ3v) is 3.91. The molecular weight excluding hydrogens is 252 g/mol. The Bertz CT molecular complexity index is 506. The molecule has 0 aromatic heterocycles. The Morgan fingerprint density at radius 1 is 1.25 bits per heavy atom. The van der Waals surface area contributed by atoms with Crippen LogP contribution >= 0.6 is 0 Å². The van der Waals surface area contributed by atoms with Crippen LogP contribution in [0.2, 0.25) is 0 Å². The van der Waals surface area contributed by atoms with Crippen molar-refractivity contribution in [2.45, 2.75) is 31.4 Å². The number of carbonyl (C=O) groups is 1. The van der Waals surface area contributed by atoms with E-state index in [0.29, 0.717) is 5.92 Å². The van der Waals surface area contributed by atoms with Gasteiger partial charge in [-0.05, 0) is 49.0 Å². The van der Waals surface area contributed by atoms with Crippen LogP contribution in [0.25, 0.3) is 6.08 Å². The summed E-state index contributed by atoms with van der Waals surface area (Å²) in [5.41, 5.74) is 7.32. The summed E-state index contributed by atoms with van der Waals surface area (Å²) in [5, 5.41) is 3.06. The molecular formula is C16H20N2O2. The third kappa shape index (κ3) is 3.20. The summed E-state index contributed by atoms with van der Waals surface area (Å²) in [6.07, 6.45) is 6.99. The van der Waals surface area contributed by atoms with Crippen LogP contribution in [-0.4, -0.2) is 24.7 Å². The fourth-order valence-corrected chi connectivity index (χ4v) is 2.67. The van der Waals surface area contributed by atoms with Crippen LogP contribution in [0.4, 0.5) is 5.69 Å². The summed E-state index contributed by atoms with van der Waals surface area (Å²) < 4.78 is 5.71. The smallest absolute Gasteiger partial charge is 0.244 e. The van der Waals surface area contributed by atoms with E-state index in [4.69, 9.17) is 10.5 Å². The number of hydrogen-bond acceptors (Lipinski definition) is 3. The fourth-order valence-electron chi connectivity index (χ4n) is 2.67. The van der Waals surface area contributed by atoms with Gasteiger partial charge in [0.25, 0.3) is 0 Å². The van der Waals surface area contributed by atoms with Gasteiger partial charge in [0.05, 0.1) is 12.1 Å². The lowest BCUT2D eigenvalue weighted by Gasteiger charge is -2.18. The Balaban J connectivity index is 1.55. The van der Waals surface area contributed by atoms with Crippen LogP contribution in [0, 0.1) is 5.92 Å². The zero-order chi connectivity index (χ0) is 13.9. The minimum absolute atomic E-state index is 0.0528. The quantitative estimate of drug-likeness (QED) is 0.650. The topological polar surface area (TPSA) is 64.4 Å². The molecule has 3 rings (SSSR count). The van der Waals surface area contributed by atoms with Crippen molar-refractivity contribution >= 4 is 17.7 Å². The molecule has 106 valence electrons. The van der Waals surface area contributed by atoms with Gasteiger partial charge in [0, 0.05) is 18.4 Å². The molecule has 4 nitrogen and oxygen atoms in total. The SMILES string of the molecule is Nc1ccc(/C=C/C(=O)NC2CCOC2C2CC2)cc1. The van der Waals surface area contributed by atoms with Gasteiger partial charge in [-0.15, -0.1) is 0 Å². The van der Waals surface area contributed by atoms with E-state index in [9.17, 15) is 4.79 Å². The van der Waals surface area contributed by atoms with Crippen molar-refractivity contribution in [2.24, 2.45) is 5.92 Å². The minimum atomic E-state index is -0.0528. The summed E-state index contributed by atoms with van der Waals surface area (Å²) in [6.45, 7) is 0.758. The molecule has 0 radical (unpaired) electrons. The highest BCUT2D eigenvalue weighted by Gasteiger charge is 2.40. The Kier molecular flexibility index (Phi) is 3.74.